The van der Waals surface area contributed by atoms with Gasteiger partial charge < -0.3 is 5.11 Å². The Bertz CT molecular complexity index is 467. The van der Waals surface area contributed by atoms with E-state index in [1.807, 2.05) is 11.7 Å². The smallest absolute Gasteiger partial charge is 0.0766 e. The van der Waals surface area contributed by atoms with E-state index in [-0.39, 0.29) is 5.41 Å². The van der Waals surface area contributed by atoms with Crippen molar-refractivity contribution in [1.82, 2.24) is 9.78 Å². The van der Waals surface area contributed by atoms with Crippen LogP contribution in [-0.2, 0) is 19.9 Å². The Morgan fingerprint density at radius 3 is 2.47 bits per heavy atom. The van der Waals surface area contributed by atoms with Crippen LogP contribution in [0.4, 0.5) is 0 Å². The monoisotopic (exact) mass is 328 g/mol. The molecule has 1 N–H and O–H groups in total. The summed E-state index contributed by atoms with van der Waals surface area (Å²) < 4.78 is 3.00. The van der Waals surface area contributed by atoms with E-state index in [0.717, 1.165) is 41.5 Å². The molecule has 2 rings (SSSR count). The Labute approximate surface area is 124 Å². The van der Waals surface area contributed by atoms with Gasteiger partial charge in [0.25, 0.3) is 0 Å². The molecule has 0 aliphatic heterocycles. The Balaban J connectivity index is 2.32. The van der Waals surface area contributed by atoms with Crippen molar-refractivity contribution in [3.63, 3.8) is 0 Å². The molecule has 0 bridgehead atoms. The molecular formula is C15H25BrN2O. The van der Waals surface area contributed by atoms with Crippen molar-refractivity contribution >= 4 is 15.9 Å². The molecule has 1 heterocycles. The van der Waals surface area contributed by atoms with Gasteiger partial charge >= 0.3 is 0 Å². The summed E-state index contributed by atoms with van der Waals surface area (Å²) in [5.41, 5.74) is 1.55. The van der Waals surface area contributed by atoms with Crippen LogP contribution in [0.5, 0.6) is 0 Å². The van der Waals surface area contributed by atoms with Crippen molar-refractivity contribution < 1.29 is 5.11 Å². The third-order valence-corrected chi connectivity index (χ3v) is 5.78. The minimum absolute atomic E-state index is 0.0265. The number of hydrogen-bond acceptors (Lipinski definition) is 2. The fraction of sp³-hybridized carbons (Fsp3) is 0.800. The van der Waals surface area contributed by atoms with Crippen molar-refractivity contribution in [3.05, 3.63) is 15.9 Å². The number of aromatic nitrogens is 2. The third-order valence-electron chi connectivity index (χ3n) is 4.86. The van der Waals surface area contributed by atoms with E-state index in [9.17, 15) is 5.11 Å². The Kier molecular flexibility index (Phi) is 4.12. The van der Waals surface area contributed by atoms with Gasteiger partial charge in [-0.25, -0.2) is 0 Å². The summed E-state index contributed by atoms with van der Waals surface area (Å²) in [6.45, 7) is 6.49. The highest BCUT2D eigenvalue weighted by molar-refractivity contribution is 9.10. The van der Waals surface area contributed by atoms with E-state index in [4.69, 9.17) is 0 Å². The number of hydrogen-bond donors (Lipinski definition) is 1. The van der Waals surface area contributed by atoms with Gasteiger partial charge in [0, 0.05) is 13.5 Å². The van der Waals surface area contributed by atoms with Crippen LogP contribution >= 0.6 is 15.9 Å². The van der Waals surface area contributed by atoms with Gasteiger partial charge in [-0.3, -0.25) is 4.68 Å². The summed E-state index contributed by atoms with van der Waals surface area (Å²) in [6.07, 6.45) is 5.93. The van der Waals surface area contributed by atoms with Gasteiger partial charge in [-0.15, -0.1) is 0 Å². The summed E-state index contributed by atoms with van der Waals surface area (Å²) in [5, 5.41) is 15.7. The molecule has 1 saturated carbocycles. The van der Waals surface area contributed by atoms with Gasteiger partial charge in [0.2, 0.25) is 0 Å². The molecule has 0 amide bonds. The van der Waals surface area contributed by atoms with Crippen LogP contribution in [0.1, 0.15) is 57.8 Å². The van der Waals surface area contributed by atoms with Gasteiger partial charge in [-0.05, 0) is 40.6 Å². The molecule has 1 aliphatic carbocycles. The molecule has 1 fully saturated rings. The molecule has 0 radical (unpaired) electrons. The van der Waals surface area contributed by atoms with E-state index in [2.05, 4.69) is 41.8 Å². The maximum atomic E-state index is 11.1. The second kappa shape index (κ2) is 5.21. The van der Waals surface area contributed by atoms with Crippen molar-refractivity contribution in [1.29, 1.82) is 0 Å². The molecule has 0 spiro atoms. The fourth-order valence-electron chi connectivity index (χ4n) is 3.17. The van der Waals surface area contributed by atoms with E-state index < -0.39 is 5.60 Å². The molecule has 1 aliphatic rings. The van der Waals surface area contributed by atoms with Gasteiger partial charge in [0.15, 0.2) is 0 Å². The Morgan fingerprint density at radius 1 is 1.32 bits per heavy atom. The number of nitrogens with zero attached hydrogens (tertiary/aromatic N) is 2. The zero-order valence-electron chi connectivity index (χ0n) is 12.5. The molecule has 1 atom stereocenters. The molecule has 0 aromatic carbocycles. The summed E-state index contributed by atoms with van der Waals surface area (Å²) in [5.74, 6) is 0. The number of aliphatic hydroxyl groups is 1. The van der Waals surface area contributed by atoms with Crippen LogP contribution in [0.2, 0.25) is 0 Å². The van der Waals surface area contributed by atoms with Crippen LogP contribution < -0.4 is 0 Å². The SMILES string of the molecule is CCc1nn(C)c(CC2(O)CCCCC2(C)C)c1Br. The fourth-order valence-corrected chi connectivity index (χ4v) is 3.93. The summed E-state index contributed by atoms with van der Waals surface area (Å²) in [7, 11) is 1.97. The molecule has 1 unspecified atom stereocenters. The second-order valence-corrected chi connectivity index (χ2v) is 7.28. The van der Waals surface area contributed by atoms with Crippen LogP contribution in [0.3, 0.4) is 0 Å². The van der Waals surface area contributed by atoms with Gasteiger partial charge in [-0.1, -0.05) is 33.6 Å². The average Bonchev–Trinajstić information content (AvgIpc) is 2.60. The third kappa shape index (κ3) is 2.62. The lowest BCUT2D eigenvalue weighted by Crippen LogP contribution is -2.49. The zero-order chi connectivity index (χ0) is 14.3. The summed E-state index contributed by atoms with van der Waals surface area (Å²) >= 11 is 3.66. The van der Waals surface area contributed by atoms with E-state index in [1.54, 1.807) is 0 Å². The number of aryl methyl sites for hydroxylation is 2. The average molecular weight is 329 g/mol. The minimum Gasteiger partial charge on any atom is -0.389 e. The first kappa shape index (κ1) is 15.0. The lowest BCUT2D eigenvalue weighted by Gasteiger charge is -2.46. The minimum atomic E-state index is -0.618. The lowest BCUT2D eigenvalue weighted by atomic mass is 9.63. The summed E-state index contributed by atoms with van der Waals surface area (Å²) in [4.78, 5) is 0. The molecule has 0 saturated heterocycles. The van der Waals surface area contributed by atoms with Gasteiger partial charge in [0.1, 0.15) is 0 Å². The second-order valence-electron chi connectivity index (χ2n) is 6.48. The van der Waals surface area contributed by atoms with Crippen molar-refractivity contribution in [3.8, 4) is 0 Å². The topological polar surface area (TPSA) is 38.0 Å². The normalized spacial score (nSPS) is 26.6. The molecular weight excluding hydrogens is 304 g/mol. The van der Waals surface area contributed by atoms with Crippen LogP contribution in [0.25, 0.3) is 0 Å². The predicted octanol–water partition coefficient (Wildman–Crippen LogP) is 3.62. The van der Waals surface area contributed by atoms with Crippen molar-refractivity contribution in [2.75, 3.05) is 0 Å². The standard InChI is InChI=1S/C15H25BrN2O/c1-5-11-13(16)12(18(4)17-11)10-15(19)9-7-6-8-14(15,2)3/h19H,5-10H2,1-4H3. The maximum Gasteiger partial charge on any atom is 0.0766 e. The highest BCUT2D eigenvalue weighted by Crippen LogP contribution is 2.46. The molecule has 4 heteroatoms. The number of halogens is 1. The van der Waals surface area contributed by atoms with Crippen LogP contribution in [0.15, 0.2) is 4.47 Å². The molecule has 1 aromatic rings. The first-order valence-electron chi connectivity index (χ1n) is 7.23. The van der Waals surface area contributed by atoms with Crippen molar-refractivity contribution in [2.45, 2.75) is 64.9 Å². The molecule has 1 aromatic heterocycles. The largest absolute Gasteiger partial charge is 0.389 e. The highest BCUT2D eigenvalue weighted by atomic mass is 79.9. The van der Waals surface area contributed by atoms with Crippen LogP contribution in [0, 0.1) is 5.41 Å². The Morgan fingerprint density at radius 2 is 1.95 bits per heavy atom. The quantitative estimate of drug-likeness (QED) is 0.920. The van der Waals surface area contributed by atoms with Crippen molar-refractivity contribution in [2.24, 2.45) is 12.5 Å². The maximum absolute atomic E-state index is 11.1. The lowest BCUT2D eigenvalue weighted by molar-refractivity contribution is -0.0969. The Hall–Kier alpha value is -0.350. The first-order chi connectivity index (χ1) is 8.81. The molecule has 19 heavy (non-hydrogen) atoms. The summed E-state index contributed by atoms with van der Waals surface area (Å²) in [6, 6.07) is 0. The van der Waals surface area contributed by atoms with Crippen LogP contribution in [-0.4, -0.2) is 20.5 Å². The van der Waals surface area contributed by atoms with E-state index >= 15 is 0 Å². The van der Waals surface area contributed by atoms with Gasteiger partial charge in [-0.2, -0.15) is 5.10 Å². The molecule has 3 nitrogen and oxygen atoms in total. The number of rotatable bonds is 3. The highest BCUT2D eigenvalue weighted by Gasteiger charge is 2.45. The zero-order valence-corrected chi connectivity index (χ0v) is 14.0. The van der Waals surface area contributed by atoms with E-state index in [0.29, 0.717) is 6.42 Å². The predicted molar refractivity (Wildman–Crippen MR) is 81.2 cm³/mol. The van der Waals surface area contributed by atoms with Gasteiger partial charge in [0.05, 0.1) is 21.5 Å². The molecule has 108 valence electrons. The van der Waals surface area contributed by atoms with E-state index in [1.165, 1.54) is 6.42 Å². The first-order valence-corrected chi connectivity index (χ1v) is 8.02.